The number of fused-ring (bicyclic) bond motifs is 10. The van der Waals surface area contributed by atoms with Crippen LogP contribution in [-0.4, -0.2) is 4.57 Å². The van der Waals surface area contributed by atoms with Crippen molar-refractivity contribution in [1.29, 1.82) is 0 Å². The second kappa shape index (κ2) is 9.52. The van der Waals surface area contributed by atoms with Crippen LogP contribution in [0.1, 0.15) is 10.9 Å². The highest BCUT2D eigenvalue weighted by molar-refractivity contribution is 8.00. The van der Waals surface area contributed by atoms with E-state index in [9.17, 15) is 0 Å². The topological polar surface area (TPSA) is 30.1 Å². The van der Waals surface area contributed by atoms with Gasteiger partial charge in [0.05, 0.1) is 11.0 Å². The lowest BCUT2D eigenvalue weighted by atomic mass is 9.97. The maximum absolute atomic E-state index is 6.16. The highest BCUT2D eigenvalue weighted by Crippen LogP contribution is 2.52. The van der Waals surface area contributed by atoms with Crippen molar-refractivity contribution in [2.75, 3.05) is 5.32 Å². The van der Waals surface area contributed by atoms with Crippen LogP contribution >= 0.6 is 11.8 Å². The Morgan fingerprint density at radius 1 is 0.578 bits per heavy atom. The molecule has 9 aromatic rings. The summed E-state index contributed by atoms with van der Waals surface area (Å²) in [7, 11) is 0. The minimum absolute atomic E-state index is 0.135. The number of hydrogen-bond donors (Lipinski definition) is 1. The van der Waals surface area contributed by atoms with E-state index in [1.807, 2.05) is 23.9 Å². The number of para-hydroxylation sites is 2. The number of rotatable bonds is 3. The number of hydrogen-bond acceptors (Lipinski definition) is 3. The summed E-state index contributed by atoms with van der Waals surface area (Å²) in [5, 5.41) is 11.3. The van der Waals surface area contributed by atoms with Gasteiger partial charge in [-0.15, -0.1) is 0 Å². The van der Waals surface area contributed by atoms with E-state index in [1.165, 1.54) is 76.3 Å². The van der Waals surface area contributed by atoms with Gasteiger partial charge in [0.2, 0.25) is 0 Å². The lowest BCUT2D eigenvalue weighted by molar-refractivity contribution is 0.668. The Kier molecular flexibility index (Phi) is 5.28. The van der Waals surface area contributed by atoms with Crippen LogP contribution in [0.4, 0.5) is 5.69 Å². The van der Waals surface area contributed by atoms with Crippen molar-refractivity contribution in [2.24, 2.45) is 0 Å². The van der Waals surface area contributed by atoms with Gasteiger partial charge >= 0.3 is 0 Å². The molecule has 1 aliphatic heterocycles. The van der Waals surface area contributed by atoms with Gasteiger partial charge in [0.15, 0.2) is 0 Å². The first-order chi connectivity index (χ1) is 22.3. The normalized spacial score (nSPS) is 14.5. The van der Waals surface area contributed by atoms with Crippen molar-refractivity contribution in [3.05, 3.63) is 151 Å². The molecule has 1 aliphatic rings. The van der Waals surface area contributed by atoms with E-state index >= 15 is 0 Å². The second-order valence-corrected chi connectivity index (χ2v) is 12.8. The zero-order valence-corrected chi connectivity index (χ0v) is 25.0. The summed E-state index contributed by atoms with van der Waals surface area (Å²) in [6.07, 6.45) is 0. The Labute approximate surface area is 263 Å². The van der Waals surface area contributed by atoms with Crippen LogP contribution in [-0.2, 0) is 0 Å². The van der Waals surface area contributed by atoms with Crippen LogP contribution in [0.3, 0.4) is 0 Å². The highest BCUT2D eigenvalue weighted by atomic mass is 32.2. The van der Waals surface area contributed by atoms with Gasteiger partial charge in [-0.1, -0.05) is 121 Å². The van der Waals surface area contributed by atoms with E-state index in [2.05, 4.69) is 143 Å². The first-order valence-corrected chi connectivity index (χ1v) is 16.2. The van der Waals surface area contributed by atoms with Crippen molar-refractivity contribution < 1.29 is 4.42 Å². The molecule has 7 aromatic carbocycles. The summed E-state index contributed by atoms with van der Waals surface area (Å²) in [6, 6.07) is 52.4. The predicted molar refractivity (Wildman–Crippen MR) is 190 cm³/mol. The van der Waals surface area contributed by atoms with Crippen LogP contribution in [0.5, 0.6) is 0 Å². The molecule has 3 nitrogen and oxygen atoms in total. The van der Waals surface area contributed by atoms with Crippen LogP contribution in [0.15, 0.2) is 155 Å². The summed E-state index contributed by atoms with van der Waals surface area (Å²) in [5.74, 6) is 0. The molecule has 2 aromatic heterocycles. The van der Waals surface area contributed by atoms with Crippen LogP contribution in [0, 0.1) is 0 Å². The molecule has 0 aliphatic carbocycles. The Morgan fingerprint density at radius 2 is 1.38 bits per heavy atom. The molecule has 0 amide bonds. The molecular formula is C41H26N2OS. The van der Waals surface area contributed by atoms with Crippen molar-refractivity contribution in [3.63, 3.8) is 0 Å². The fourth-order valence-corrected chi connectivity index (χ4v) is 8.51. The number of aromatic nitrogens is 1. The second-order valence-electron chi connectivity index (χ2n) is 11.7. The fraction of sp³-hybridized carbons (Fsp3) is 0.0244. The van der Waals surface area contributed by atoms with E-state index in [0.29, 0.717) is 0 Å². The number of thioether (sulfide) groups is 1. The van der Waals surface area contributed by atoms with E-state index < -0.39 is 0 Å². The van der Waals surface area contributed by atoms with Gasteiger partial charge in [-0.25, -0.2) is 0 Å². The average molecular weight is 595 g/mol. The van der Waals surface area contributed by atoms with Gasteiger partial charge in [0, 0.05) is 43.2 Å². The Morgan fingerprint density at radius 3 is 2.27 bits per heavy atom. The van der Waals surface area contributed by atoms with E-state index in [1.54, 1.807) is 0 Å². The molecule has 3 heterocycles. The molecular weight excluding hydrogens is 569 g/mol. The zero-order valence-electron chi connectivity index (χ0n) is 24.2. The van der Waals surface area contributed by atoms with E-state index in [-0.39, 0.29) is 5.37 Å². The molecule has 0 radical (unpaired) electrons. The lowest BCUT2D eigenvalue weighted by Crippen LogP contribution is -2.00. The number of benzene rings is 7. The van der Waals surface area contributed by atoms with Crippen LogP contribution in [0.25, 0.3) is 71.3 Å². The zero-order chi connectivity index (χ0) is 29.5. The third-order valence-corrected chi connectivity index (χ3v) is 10.5. The molecule has 10 rings (SSSR count). The van der Waals surface area contributed by atoms with E-state index in [0.717, 1.165) is 11.2 Å². The number of nitrogens with zero attached hydrogens (tertiary/aromatic N) is 1. The van der Waals surface area contributed by atoms with Crippen molar-refractivity contribution in [3.8, 4) is 16.8 Å². The third-order valence-electron chi connectivity index (χ3n) is 9.23. The summed E-state index contributed by atoms with van der Waals surface area (Å²) in [6.45, 7) is 0. The smallest absolute Gasteiger partial charge is 0.136 e. The molecule has 0 saturated carbocycles. The maximum Gasteiger partial charge on any atom is 0.136 e. The van der Waals surface area contributed by atoms with Gasteiger partial charge in [-0.3, -0.25) is 0 Å². The fourth-order valence-electron chi connectivity index (χ4n) is 7.21. The van der Waals surface area contributed by atoms with Crippen LogP contribution in [0.2, 0.25) is 0 Å². The molecule has 0 bridgehead atoms. The van der Waals surface area contributed by atoms with Crippen molar-refractivity contribution >= 4 is 72.0 Å². The maximum atomic E-state index is 6.16. The highest BCUT2D eigenvalue weighted by Gasteiger charge is 2.27. The summed E-state index contributed by atoms with van der Waals surface area (Å²) in [5.41, 5.74) is 10.4. The molecule has 0 fully saturated rings. The van der Waals surface area contributed by atoms with Gasteiger partial charge in [-0.2, -0.15) is 0 Å². The Bertz CT molecular complexity index is 2600. The minimum atomic E-state index is 0.135. The third kappa shape index (κ3) is 3.66. The van der Waals surface area contributed by atoms with Crippen LogP contribution < -0.4 is 5.32 Å². The number of nitrogens with one attached hydrogen (secondary N) is 1. The SMILES string of the molecule is c1ccc(-n2c3cccc(-c4ccc(C5Nc6ccc7oc8ccccc8c7c6S5)cc4)c3c3ccc4ccccc4c32)cc1. The molecule has 0 saturated heterocycles. The quantitative estimate of drug-likeness (QED) is 0.221. The van der Waals surface area contributed by atoms with Crippen molar-refractivity contribution in [1.82, 2.24) is 4.57 Å². The first-order valence-electron chi connectivity index (χ1n) is 15.3. The summed E-state index contributed by atoms with van der Waals surface area (Å²) in [4.78, 5) is 1.26. The number of furan rings is 1. The minimum Gasteiger partial charge on any atom is -0.456 e. The molecule has 1 unspecified atom stereocenters. The Hall–Kier alpha value is -5.45. The van der Waals surface area contributed by atoms with Gasteiger partial charge in [0.25, 0.3) is 0 Å². The lowest BCUT2D eigenvalue weighted by Gasteiger charge is -2.12. The molecule has 0 spiro atoms. The monoisotopic (exact) mass is 594 g/mol. The molecule has 4 heteroatoms. The first kappa shape index (κ1) is 24.9. The van der Waals surface area contributed by atoms with E-state index in [4.69, 9.17) is 4.42 Å². The number of anilines is 1. The molecule has 212 valence electrons. The molecule has 45 heavy (non-hydrogen) atoms. The Balaban J connectivity index is 1.10. The molecule has 1 atom stereocenters. The summed E-state index contributed by atoms with van der Waals surface area (Å²) >= 11 is 1.87. The standard InChI is InChI=1S/C41H26N2OS/c1-2-10-28(11-3-1)43-34-15-8-14-29(37(34)32-22-21-25-9-4-5-12-30(25)39(32)43)26-17-19-27(20-18-26)41-42-33-23-24-36-38(40(33)45-41)31-13-6-7-16-35(31)44-36/h1-24,41-42H. The van der Waals surface area contributed by atoms with Gasteiger partial charge in [-0.05, 0) is 58.5 Å². The average Bonchev–Trinajstić information content (AvgIpc) is 3.80. The molecule has 1 N–H and O–H groups in total. The van der Waals surface area contributed by atoms with Gasteiger partial charge in [0.1, 0.15) is 16.5 Å². The van der Waals surface area contributed by atoms with Crippen molar-refractivity contribution in [2.45, 2.75) is 10.3 Å². The largest absolute Gasteiger partial charge is 0.456 e. The predicted octanol–water partition coefficient (Wildman–Crippen LogP) is 11.7. The van der Waals surface area contributed by atoms with Gasteiger partial charge < -0.3 is 14.3 Å². The summed E-state index contributed by atoms with van der Waals surface area (Å²) < 4.78 is 8.59.